The van der Waals surface area contributed by atoms with Crippen LogP contribution in [0.25, 0.3) is 22.1 Å². The average molecular weight is 341 g/mol. The van der Waals surface area contributed by atoms with Crippen LogP contribution in [0.1, 0.15) is 11.1 Å². The lowest BCUT2D eigenvalue weighted by Gasteiger charge is -2.10. The van der Waals surface area contributed by atoms with E-state index in [1.165, 1.54) is 0 Å². The molecule has 0 radical (unpaired) electrons. The number of benzene rings is 2. The Morgan fingerprint density at radius 1 is 1.12 bits per heavy atom. The van der Waals surface area contributed by atoms with Crippen LogP contribution in [-0.4, -0.2) is 28.4 Å². The minimum absolute atomic E-state index is 0.120. The van der Waals surface area contributed by atoms with Crippen LogP contribution in [0.15, 0.2) is 46.9 Å². The first kappa shape index (κ1) is 17.1. The number of nitro groups is 1. The van der Waals surface area contributed by atoms with Gasteiger partial charge in [0.25, 0.3) is 0 Å². The fourth-order valence-electron chi connectivity index (χ4n) is 2.91. The minimum Gasteiger partial charge on any atom is -0.400 e. The lowest BCUT2D eigenvalue weighted by molar-refractivity contribution is -0.400. The monoisotopic (exact) mass is 341 g/mol. The molecule has 6 nitrogen and oxygen atoms in total. The molecule has 0 aliphatic rings. The second-order valence-corrected chi connectivity index (χ2v) is 6.17. The summed E-state index contributed by atoms with van der Waals surface area (Å²) in [6, 6.07) is 12.8. The van der Waals surface area contributed by atoms with E-state index in [2.05, 4.69) is 0 Å². The van der Waals surface area contributed by atoms with Crippen molar-refractivity contribution in [1.82, 2.24) is 0 Å². The molecule has 0 aliphatic carbocycles. The minimum atomic E-state index is -0.515. The van der Waals surface area contributed by atoms with Crippen molar-refractivity contribution < 1.29 is 19.6 Å². The van der Waals surface area contributed by atoms with Gasteiger partial charge in [0.15, 0.2) is 0 Å². The summed E-state index contributed by atoms with van der Waals surface area (Å²) in [5.41, 5.74) is 3.55. The number of aliphatic hydroxyl groups is 2. The van der Waals surface area contributed by atoms with E-state index < -0.39 is 4.92 Å². The molecule has 1 heterocycles. The van der Waals surface area contributed by atoms with Crippen molar-refractivity contribution >= 4 is 16.9 Å². The van der Waals surface area contributed by atoms with Gasteiger partial charge >= 0.3 is 5.88 Å². The van der Waals surface area contributed by atoms with Gasteiger partial charge < -0.3 is 14.6 Å². The molecule has 0 bridgehead atoms. The van der Waals surface area contributed by atoms with E-state index in [1.54, 1.807) is 12.1 Å². The van der Waals surface area contributed by atoms with Crippen LogP contribution >= 0.6 is 0 Å². The smallest absolute Gasteiger partial charge is 0.400 e. The molecule has 25 heavy (non-hydrogen) atoms. The van der Waals surface area contributed by atoms with Gasteiger partial charge in [-0.25, -0.2) is 0 Å². The molecule has 3 aromatic rings. The van der Waals surface area contributed by atoms with E-state index >= 15 is 0 Å². The topological polar surface area (TPSA) is 96.7 Å². The SMILES string of the molecule is Cc1ccc(-c2c([N+](=O)[O-])oc3ccc(CC(CO)CO)cc23)cc1. The fraction of sp³-hybridized carbons (Fsp3) is 0.263. The summed E-state index contributed by atoms with van der Waals surface area (Å²) in [4.78, 5) is 10.9. The molecular formula is C19H19NO5. The van der Waals surface area contributed by atoms with Gasteiger partial charge in [0.2, 0.25) is 0 Å². The molecule has 0 saturated heterocycles. The highest BCUT2D eigenvalue weighted by molar-refractivity contribution is 5.99. The van der Waals surface area contributed by atoms with Gasteiger partial charge in [0, 0.05) is 24.5 Å². The van der Waals surface area contributed by atoms with E-state index in [4.69, 9.17) is 4.42 Å². The van der Waals surface area contributed by atoms with Crippen LogP contribution in [0.5, 0.6) is 0 Å². The first-order valence-corrected chi connectivity index (χ1v) is 8.02. The van der Waals surface area contributed by atoms with E-state index in [9.17, 15) is 20.3 Å². The summed E-state index contributed by atoms with van der Waals surface area (Å²) in [7, 11) is 0. The van der Waals surface area contributed by atoms with Crippen molar-refractivity contribution in [1.29, 1.82) is 0 Å². The number of hydrogen-bond acceptors (Lipinski definition) is 5. The van der Waals surface area contributed by atoms with Crippen molar-refractivity contribution in [3.63, 3.8) is 0 Å². The highest BCUT2D eigenvalue weighted by Gasteiger charge is 2.25. The summed E-state index contributed by atoms with van der Waals surface area (Å²) in [6.07, 6.45) is 0.481. The van der Waals surface area contributed by atoms with Crippen LogP contribution in [-0.2, 0) is 6.42 Å². The Bertz CT molecular complexity index is 894. The van der Waals surface area contributed by atoms with Crippen LogP contribution in [0.2, 0.25) is 0 Å². The molecule has 0 unspecified atom stereocenters. The van der Waals surface area contributed by atoms with Gasteiger partial charge in [0.1, 0.15) is 16.1 Å². The maximum absolute atomic E-state index is 11.4. The van der Waals surface area contributed by atoms with Crippen molar-refractivity contribution in [2.24, 2.45) is 5.92 Å². The third-order valence-electron chi connectivity index (χ3n) is 4.28. The molecule has 3 rings (SSSR count). The lowest BCUT2D eigenvalue weighted by Crippen LogP contribution is -2.13. The van der Waals surface area contributed by atoms with E-state index in [1.807, 2.05) is 37.3 Å². The normalized spacial score (nSPS) is 11.4. The maximum Gasteiger partial charge on any atom is 0.442 e. The van der Waals surface area contributed by atoms with E-state index in [0.717, 1.165) is 11.1 Å². The van der Waals surface area contributed by atoms with Crippen LogP contribution in [0, 0.1) is 23.0 Å². The van der Waals surface area contributed by atoms with Crippen molar-refractivity contribution in [3.8, 4) is 11.1 Å². The molecule has 6 heteroatoms. The zero-order chi connectivity index (χ0) is 18.0. The summed E-state index contributed by atoms with van der Waals surface area (Å²) in [5, 5.41) is 30.6. The van der Waals surface area contributed by atoms with E-state index in [-0.39, 0.29) is 25.0 Å². The zero-order valence-electron chi connectivity index (χ0n) is 13.8. The summed E-state index contributed by atoms with van der Waals surface area (Å²) < 4.78 is 5.46. The molecule has 2 aromatic carbocycles. The highest BCUT2D eigenvalue weighted by atomic mass is 16.6. The largest absolute Gasteiger partial charge is 0.442 e. The number of furan rings is 1. The molecule has 0 fully saturated rings. The third-order valence-corrected chi connectivity index (χ3v) is 4.28. The van der Waals surface area contributed by atoms with Crippen molar-refractivity contribution in [2.75, 3.05) is 13.2 Å². The Morgan fingerprint density at radius 2 is 1.80 bits per heavy atom. The average Bonchev–Trinajstić information content (AvgIpc) is 2.99. The second-order valence-electron chi connectivity index (χ2n) is 6.17. The standard InChI is InChI=1S/C19H19NO5/c1-12-2-5-15(6-3-12)18-16-9-13(8-14(10-21)11-22)4-7-17(16)25-19(18)20(23)24/h2-7,9,14,21-22H,8,10-11H2,1H3. The fourth-order valence-corrected chi connectivity index (χ4v) is 2.91. The van der Waals surface area contributed by atoms with Crippen LogP contribution in [0.4, 0.5) is 5.88 Å². The molecule has 0 amide bonds. The number of aliphatic hydroxyl groups excluding tert-OH is 2. The van der Waals surface area contributed by atoms with Crippen molar-refractivity contribution in [3.05, 3.63) is 63.7 Å². The molecule has 2 N–H and O–H groups in total. The highest BCUT2D eigenvalue weighted by Crippen LogP contribution is 2.40. The predicted octanol–water partition coefficient (Wildman–Crippen LogP) is 3.46. The number of nitrogens with zero attached hydrogens (tertiary/aromatic N) is 1. The molecule has 0 aliphatic heterocycles. The third kappa shape index (κ3) is 3.40. The second kappa shape index (κ2) is 7.04. The number of rotatable bonds is 6. The summed E-state index contributed by atoms with van der Waals surface area (Å²) in [5.74, 6) is -0.543. The number of fused-ring (bicyclic) bond motifs is 1. The van der Waals surface area contributed by atoms with Gasteiger partial charge in [-0.3, -0.25) is 10.1 Å². The van der Waals surface area contributed by atoms with Gasteiger partial charge in [-0.15, -0.1) is 0 Å². The molecular weight excluding hydrogens is 322 g/mol. The van der Waals surface area contributed by atoms with Gasteiger partial charge in [-0.2, -0.15) is 0 Å². The van der Waals surface area contributed by atoms with Gasteiger partial charge in [-0.05, 0) is 36.6 Å². The van der Waals surface area contributed by atoms with Crippen molar-refractivity contribution in [2.45, 2.75) is 13.3 Å². The van der Waals surface area contributed by atoms with Gasteiger partial charge in [0.05, 0.1) is 0 Å². The Kier molecular flexibility index (Phi) is 4.83. The Morgan fingerprint density at radius 3 is 2.40 bits per heavy atom. The Balaban J connectivity index is 2.15. The van der Waals surface area contributed by atoms with E-state index in [0.29, 0.717) is 28.5 Å². The summed E-state index contributed by atoms with van der Waals surface area (Å²) >= 11 is 0. The lowest BCUT2D eigenvalue weighted by atomic mass is 9.97. The maximum atomic E-state index is 11.4. The van der Waals surface area contributed by atoms with Crippen LogP contribution in [0.3, 0.4) is 0 Å². The molecule has 0 spiro atoms. The zero-order valence-corrected chi connectivity index (χ0v) is 13.8. The Hall–Kier alpha value is -2.70. The number of hydrogen-bond donors (Lipinski definition) is 2. The first-order chi connectivity index (χ1) is 12.0. The molecule has 0 atom stereocenters. The predicted molar refractivity (Wildman–Crippen MR) is 94.4 cm³/mol. The Labute approximate surface area is 144 Å². The first-order valence-electron chi connectivity index (χ1n) is 8.02. The van der Waals surface area contributed by atoms with Crippen LogP contribution < -0.4 is 0 Å². The quantitative estimate of drug-likeness (QED) is 0.529. The molecule has 0 saturated carbocycles. The molecule has 1 aromatic heterocycles. The molecule has 130 valence electrons. The summed E-state index contributed by atoms with van der Waals surface area (Å²) in [6.45, 7) is 1.71. The number of aryl methyl sites for hydroxylation is 1. The van der Waals surface area contributed by atoms with Gasteiger partial charge in [-0.1, -0.05) is 35.9 Å².